The molecule has 2 fully saturated rings. The molecule has 0 aliphatic carbocycles. The normalized spacial score (nSPS) is 21.3. The maximum atomic E-state index is 12.7. The number of carbonyl (C=O) groups is 2. The lowest BCUT2D eigenvalue weighted by Crippen LogP contribution is -2.49. The molecule has 4 heterocycles. The first kappa shape index (κ1) is 16.9. The van der Waals surface area contributed by atoms with Crippen LogP contribution in [0.4, 0.5) is 10.6 Å². The highest BCUT2D eigenvalue weighted by Gasteiger charge is 2.51. The number of likely N-dealkylation sites (N-methyl/N-ethyl adjacent to an activating group) is 1. The summed E-state index contributed by atoms with van der Waals surface area (Å²) in [6, 6.07) is 8.38. The SMILES string of the molecule is Cc1cc(N2CCC(N3C(=O)N(C)C(C)(C)C3=O)CC2)n2cccc2c1. The number of aryl methyl sites for hydroxylation is 1. The van der Waals surface area contributed by atoms with Gasteiger partial charge >= 0.3 is 6.03 Å². The summed E-state index contributed by atoms with van der Waals surface area (Å²) in [5, 5.41) is 0. The zero-order valence-electron chi connectivity index (χ0n) is 15.9. The minimum Gasteiger partial charge on any atom is -0.358 e. The molecular weight excluding hydrogens is 328 g/mol. The molecule has 2 aliphatic heterocycles. The van der Waals surface area contributed by atoms with Gasteiger partial charge in [-0.1, -0.05) is 0 Å². The Labute approximate surface area is 154 Å². The number of pyridine rings is 1. The Balaban J connectivity index is 1.54. The molecule has 0 atom stereocenters. The number of aromatic nitrogens is 1. The van der Waals surface area contributed by atoms with Crippen LogP contribution in [0.25, 0.3) is 5.52 Å². The Kier molecular flexibility index (Phi) is 3.75. The molecule has 0 spiro atoms. The number of piperidine rings is 1. The lowest BCUT2D eigenvalue weighted by Gasteiger charge is -2.37. The molecular formula is C20H26N4O2. The minimum atomic E-state index is -0.748. The van der Waals surface area contributed by atoms with Gasteiger partial charge in [-0.3, -0.25) is 9.69 Å². The van der Waals surface area contributed by atoms with E-state index in [1.807, 2.05) is 13.8 Å². The van der Waals surface area contributed by atoms with Gasteiger partial charge in [0, 0.05) is 37.9 Å². The van der Waals surface area contributed by atoms with Crippen molar-refractivity contribution in [1.29, 1.82) is 0 Å². The third-order valence-corrected chi connectivity index (χ3v) is 5.99. The van der Waals surface area contributed by atoms with Crippen molar-refractivity contribution in [2.24, 2.45) is 0 Å². The Bertz CT molecular complexity index is 877. The molecule has 0 aromatic carbocycles. The first-order chi connectivity index (χ1) is 12.3. The Morgan fingerprint density at radius 2 is 1.81 bits per heavy atom. The van der Waals surface area contributed by atoms with E-state index in [0.29, 0.717) is 0 Å². The molecule has 2 aromatic rings. The highest BCUT2D eigenvalue weighted by Crippen LogP contribution is 2.32. The molecule has 0 saturated carbocycles. The summed E-state index contributed by atoms with van der Waals surface area (Å²) >= 11 is 0. The van der Waals surface area contributed by atoms with Gasteiger partial charge in [0.05, 0.1) is 0 Å². The monoisotopic (exact) mass is 354 g/mol. The predicted octanol–water partition coefficient (Wildman–Crippen LogP) is 2.89. The fraction of sp³-hybridized carbons (Fsp3) is 0.500. The van der Waals surface area contributed by atoms with Gasteiger partial charge in [-0.15, -0.1) is 0 Å². The number of nitrogens with zero attached hydrogens (tertiary/aromatic N) is 4. The second-order valence-electron chi connectivity index (χ2n) is 7.99. The van der Waals surface area contributed by atoms with Crippen molar-refractivity contribution in [3.05, 3.63) is 36.0 Å². The molecule has 0 radical (unpaired) electrons. The maximum Gasteiger partial charge on any atom is 0.327 e. The second kappa shape index (κ2) is 5.76. The average Bonchev–Trinajstić information content (AvgIpc) is 3.13. The van der Waals surface area contributed by atoms with Crippen molar-refractivity contribution >= 4 is 23.3 Å². The molecule has 0 N–H and O–H groups in total. The van der Waals surface area contributed by atoms with Crippen molar-refractivity contribution in [2.45, 2.75) is 45.2 Å². The molecule has 2 aliphatic rings. The fourth-order valence-electron chi connectivity index (χ4n) is 4.11. The average molecular weight is 354 g/mol. The lowest BCUT2D eigenvalue weighted by atomic mass is 10.0. The second-order valence-corrected chi connectivity index (χ2v) is 7.99. The van der Waals surface area contributed by atoms with E-state index < -0.39 is 5.54 Å². The van der Waals surface area contributed by atoms with Gasteiger partial charge in [-0.25, -0.2) is 4.79 Å². The van der Waals surface area contributed by atoms with E-state index in [1.54, 1.807) is 11.9 Å². The van der Waals surface area contributed by atoms with E-state index in [0.717, 1.165) is 25.9 Å². The summed E-state index contributed by atoms with van der Waals surface area (Å²) in [6.45, 7) is 7.42. The highest BCUT2D eigenvalue weighted by molar-refractivity contribution is 6.06. The first-order valence-corrected chi connectivity index (χ1v) is 9.25. The number of carbonyl (C=O) groups excluding carboxylic acids is 2. The van der Waals surface area contributed by atoms with Crippen LogP contribution in [0, 0.1) is 6.92 Å². The van der Waals surface area contributed by atoms with Crippen LogP contribution >= 0.6 is 0 Å². The number of fused-ring (bicyclic) bond motifs is 1. The molecule has 2 saturated heterocycles. The predicted molar refractivity (Wildman–Crippen MR) is 101 cm³/mol. The number of imide groups is 1. The van der Waals surface area contributed by atoms with Crippen LogP contribution in [0.2, 0.25) is 0 Å². The van der Waals surface area contributed by atoms with Crippen LogP contribution in [-0.4, -0.2) is 57.9 Å². The van der Waals surface area contributed by atoms with E-state index >= 15 is 0 Å². The van der Waals surface area contributed by atoms with Crippen molar-refractivity contribution in [2.75, 3.05) is 25.0 Å². The zero-order chi connectivity index (χ0) is 18.6. The summed E-state index contributed by atoms with van der Waals surface area (Å²) in [7, 11) is 1.71. The molecule has 4 rings (SSSR count). The number of hydrogen-bond acceptors (Lipinski definition) is 3. The Morgan fingerprint density at radius 1 is 1.12 bits per heavy atom. The Morgan fingerprint density at radius 3 is 2.42 bits per heavy atom. The van der Waals surface area contributed by atoms with Crippen molar-refractivity contribution in [3.63, 3.8) is 0 Å². The standard InChI is InChI=1S/C20H26N4O2/c1-14-12-16-6-5-9-23(16)17(13-14)22-10-7-15(8-11-22)24-18(25)20(2,3)21(4)19(24)26/h5-6,9,12-13,15H,7-8,10-11H2,1-4H3. The van der Waals surface area contributed by atoms with E-state index in [-0.39, 0.29) is 18.0 Å². The third-order valence-electron chi connectivity index (χ3n) is 5.99. The van der Waals surface area contributed by atoms with Crippen LogP contribution in [0.15, 0.2) is 30.5 Å². The molecule has 6 heteroatoms. The number of hydrogen-bond donors (Lipinski definition) is 0. The van der Waals surface area contributed by atoms with Gasteiger partial charge in [-0.05, 0) is 63.4 Å². The topological polar surface area (TPSA) is 48.3 Å². The third kappa shape index (κ3) is 2.39. The van der Waals surface area contributed by atoms with Gasteiger partial charge < -0.3 is 14.2 Å². The van der Waals surface area contributed by atoms with Gasteiger partial charge in [-0.2, -0.15) is 0 Å². The lowest BCUT2D eigenvalue weighted by molar-refractivity contribution is -0.133. The molecule has 3 amide bonds. The minimum absolute atomic E-state index is 0.0135. The summed E-state index contributed by atoms with van der Waals surface area (Å²) in [4.78, 5) is 30.7. The highest BCUT2D eigenvalue weighted by atomic mass is 16.2. The van der Waals surface area contributed by atoms with Gasteiger partial charge in [0.25, 0.3) is 5.91 Å². The summed E-state index contributed by atoms with van der Waals surface area (Å²) in [6.07, 6.45) is 3.69. The fourth-order valence-corrected chi connectivity index (χ4v) is 4.11. The van der Waals surface area contributed by atoms with Gasteiger partial charge in [0.1, 0.15) is 11.4 Å². The van der Waals surface area contributed by atoms with Crippen LogP contribution in [-0.2, 0) is 4.79 Å². The van der Waals surface area contributed by atoms with Crippen molar-refractivity contribution < 1.29 is 9.59 Å². The van der Waals surface area contributed by atoms with Crippen LogP contribution in [0.3, 0.4) is 0 Å². The summed E-state index contributed by atoms with van der Waals surface area (Å²) in [5.74, 6) is 1.10. The largest absolute Gasteiger partial charge is 0.358 e. The van der Waals surface area contributed by atoms with E-state index in [1.165, 1.54) is 21.8 Å². The molecule has 0 bridgehead atoms. The quantitative estimate of drug-likeness (QED) is 0.779. The van der Waals surface area contributed by atoms with Crippen molar-refractivity contribution in [3.8, 4) is 0 Å². The number of urea groups is 1. The van der Waals surface area contributed by atoms with E-state index in [2.05, 4.69) is 46.7 Å². The molecule has 138 valence electrons. The summed E-state index contributed by atoms with van der Waals surface area (Å²) < 4.78 is 2.20. The van der Waals surface area contributed by atoms with Gasteiger partial charge in [0.15, 0.2) is 0 Å². The van der Waals surface area contributed by atoms with E-state index in [9.17, 15) is 9.59 Å². The number of amides is 3. The van der Waals surface area contributed by atoms with Crippen LogP contribution < -0.4 is 4.90 Å². The van der Waals surface area contributed by atoms with Crippen molar-refractivity contribution in [1.82, 2.24) is 14.2 Å². The zero-order valence-corrected chi connectivity index (χ0v) is 15.9. The maximum absolute atomic E-state index is 12.7. The number of rotatable bonds is 2. The molecule has 26 heavy (non-hydrogen) atoms. The van der Waals surface area contributed by atoms with Crippen LogP contribution in [0.1, 0.15) is 32.3 Å². The van der Waals surface area contributed by atoms with E-state index in [4.69, 9.17) is 0 Å². The van der Waals surface area contributed by atoms with Gasteiger partial charge in [0.2, 0.25) is 0 Å². The Hall–Kier alpha value is -2.50. The van der Waals surface area contributed by atoms with Crippen LogP contribution in [0.5, 0.6) is 0 Å². The molecule has 2 aromatic heterocycles. The molecule has 6 nitrogen and oxygen atoms in total. The molecule has 0 unspecified atom stereocenters. The number of anilines is 1. The smallest absolute Gasteiger partial charge is 0.327 e. The first-order valence-electron chi connectivity index (χ1n) is 9.25. The summed E-state index contributed by atoms with van der Waals surface area (Å²) in [5.41, 5.74) is 1.68.